The zero-order valence-electron chi connectivity index (χ0n) is 37.5. The Morgan fingerprint density at radius 2 is 1.75 bits per heavy atom. The molecule has 5 atom stereocenters. The van der Waals surface area contributed by atoms with E-state index >= 15 is 0 Å². The van der Waals surface area contributed by atoms with Gasteiger partial charge in [0.1, 0.15) is 47.0 Å². The van der Waals surface area contributed by atoms with E-state index in [4.69, 9.17) is 28.4 Å². The summed E-state index contributed by atoms with van der Waals surface area (Å²) in [7, 11) is -2.99. The quantitative estimate of drug-likeness (QED) is 0.120. The van der Waals surface area contributed by atoms with Crippen LogP contribution in [0.5, 0.6) is 11.5 Å². The average Bonchev–Trinajstić information content (AvgIpc) is 3.61. The number of hydrogen-bond donors (Lipinski definition) is 4. The molecule has 3 aliphatic rings. The molecule has 344 valence electrons. The number of methoxy groups -OCH3 is 1. The van der Waals surface area contributed by atoms with E-state index in [0.29, 0.717) is 33.8 Å². The number of pyridine rings is 1. The number of alkyl carbamates (subject to hydrolysis) is 1. The molecular formula is C44H61N7O10S2. The molecule has 19 heteroatoms. The normalized spacial score (nSPS) is 22.1. The number of nitrogens with one attached hydrogen (secondary N) is 4. The Balaban J connectivity index is 1.33. The molecule has 0 unspecified atom stereocenters. The van der Waals surface area contributed by atoms with Gasteiger partial charge in [0.2, 0.25) is 11.8 Å². The smallest absolute Gasteiger partial charge is 0.408 e. The van der Waals surface area contributed by atoms with Crippen LogP contribution in [0.2, 0.25) is 0 Å². The van der Waals surface area contributed by atoms with Crippen LogP contribution in [0.15, 0.2) is 42.3 Å². The van der Waals surface area contributed by atoms with Gasteiger partial charge >= 0.3 is 16.4 Å². The maximum absolute atomic E-state index is 14.8. The van der Waals surface area contributed by atoms with Crippen LogP contribution >= 0.6 is 11.3 Å². The monoisotopic (exact) mass is 911 g/mol. The third kappa shape index (κ3) is 11.6. The maximum atomic E-state index is 14.8. The molecule has 1 aromatic carbocycles. The number of fused-ring (bicyclic) bond motifs is 1. The minimum atomic E-state index is -4.55. The first kappa shape index (κ1) is 47.5. The van der Waals surface area contributed by atoms with Crippen molar-refractivity contribution < 1.29 is 46.0 Å². The number of aromatic nitrogens is 2. The molecule has 17 nitrogen and oxygen atoms in total. The molecule has 4 amide bonds. The van der Waals surface area contributed by atoms with Gasteiger partial charge < -0.3 is 35.1 Å². The van der Waals surface area contributed by atoms with Crippen LogP contribution in [0.25, 0.3) is 22.3 Å². The van der Waals surface area contributed by atoms with Gasteiger partial charge in [-0.15, -0.1) is 17.9 Å². The number of carbonyl (C=O) groups excluding carboxylic acids is 4. The molecule has 1 saturated heterocycles. The van der Waals surface area contributed by atoms with E-state index < -0.39 is 74.6 Å². The number of anilines is 1. The van der Waals surface area contributed by atoms with E-state index in [9.17, 15) is 27.6 Å². The lowest BCUT2D eigenvalue weighted by molar-refractivity contribution is -0.143. The van der Waals surface area contributed by atoms with Crippen LogP contribution in [0.3, 0.4) is 0 Å². The number of rotatable bonds is 16. The van der Waals surface area contributed by atoms with Gasteiger partial charge in [-0.1, -0.05) is 47.6 Å². The first-order valence-electron chi connectivity index (χ1n) is 21.3. The van der Waals surface area contributed by atoms with Crippen molar-refractivity contribution in [2.24, 2.45) is 16.7 Å². The van der Waals surface area contributed by atoms with Crippen LogP contribution < -0.4 is 30.1 Å². The molecular weight excluding hydrogens is 851 g/mol. The highest BCUT2D eigenvalue weighted by Gasteiger charge is 2.61. The molecule has 3 heterocycles. The first-order chi connectivity index (χ1) is 29.5. The van der Waals surface area contributed by atoms with Crippen molar-refractivity contribution >= 4 is 61.5 Å². The Labute approximate surface area is 373 Å². The zero-order chi connectivity index (χ0) is 46.1. The summed E-state index contributed by atoms with van der Waals surface area (Å²) in [6.07, 6.45) is 3.07. The topological polar surface area (TPSA) is 216 Å². The Morgan fingerprint density at radius 1 is 1.03 bits per heavy atom. The molecule has 2 saturated carbocycles. The fraction of sp³-hybridized carbons (Fsp3) is 0.591. The Bertz CT molecular complexity index is 2320. The van der Waals surface area contributed by atoms with Gasteiger partial charge in [-0.2, -0.15) is 8.42 Å². The van der Waals surface area contributed by atoms with E-state index in [2.05, 4.69) is 22.5 Å². The van der Waals surface area contributed by atoms with Crippen LogP contribution in [0, 0.1) is 16.7 Å². The van der Waals surface area contributed by atoms with Gasteiger partial charge in [-0.05, 0) is 68.9 Å². The van der Waals surface area contributed by atoms with E-state index in [1.54, 1.807) is 66.9 Å². The van der Waals surface area contributed by atoms with Gasteiger partial charge in [0.15, 0.2) is 5.13 Å². The predicted molar refractivity (Wildman–Crippen MR) is 239 cm³/mol. The van der Waals surface area contributed by atoms with Crippen LogP contribution in [-0.2, 0) is 33.6 Å². The lowest BCUT2D eigenvalue weighted by Crippen LogP contribution is -2.60. The molecule has 2 aromatic heterocycles. The first-order valence-corrected chi connectivity index (χ1v) is 23.6. The third-order valence-electron chi connectivity index (χ3n) is 11.2. The largest absolute Gasteiger partial charge is 0.497 e. The summed E-state index contributed by atoms with van der Waals surface area (Å²) in [6.45, 7) is 18.3. The molecule has 2 aliphatic carbocycles. The van der Waals surface area contributed by atoms with Gasteiger partial charge in [-0.3, -0.25) is 18.6 Å². The fourth-order valence-electron chi connectivity index (χ4n) is 7.74. The molecule has 3 fully saturated rings. The van der Waals surface area contributed by atoms with Crippen molar-refractivity contribution in [3.63, 3.8) is 0 Å². The highest BCUT2D eigenvalue weighted by molar-refractivity contribution is 7.85. The minimum Gasteiger partial charge on any atom is -0.497 e. The van der Waals surface area contributed by atoms with E-state index in [1.807, 2.05) is 30.0 Å². The third-order valence-corrected chi connectivity index (χ3v) is 12.8. The van der Waals surface area contributed by atoms with Crippen molar-refractivity contribution in [2.75, 3.05) is 25.6 Å². The average molecular weight is 912 g/mol. The van der Waals surface area contributed by atoms with Crippen LogP contribution in [-0.4, -0.2) is 103 Å². The SMILES string of the molecule is C=C[C@@H]1C[C@]1(NC(=O)[C@@H]1C[C@@H](Oc2cc(-c3csc(NC(C)C)n3)nc3cc(OC)ccc23)CN1C(=O)[C@@H](NC(=O)OC1CCCC1)C(C)(C)C)C(=O)NS(=O)(=O)OCC(C)(C)C. The van der Waals surface area contributed by atoms with Crippen molar-refractivity contribution in [1.82, 2.24) is 30.2 Å². The molecule has 1 aliphatic heterocycles. The van der Waals surface area contributed by atoms with Crippen molar-refractivity contribution in [2.45, 2.75) is 130 Å². The number of carbonyl (C=O) groups is 4. The number of ether oxygens (including phenoxy) is 3. The van der Waals surface area contributed by atoms with Crippen molar-refractivity contribution in [3.05, 3.63) is 42.3 Å². The van der Waals surface area contributed by atoms with Gasteiger partial charge in [0.05, 0.1) is 31.5 Å². The Hall–Kier alpha value is -5.01. The molecule has 3 aromatic rings. The second-order valence-electron chi connectivity index (χ2n) is 19.2. The Morgan fingerprint density at radius 3 is 2.37 bits per heavy atom. The number of hydrogen-bond acceptors (Lipinski definition) is 14. The summed E-state index contributed by atoms with van der Waals surface area (Å²) >= 11 is 1.44. The lowest BCUT2D eigenvalue weighted by Gasteiger charge is -2.35. The number of nitrogens with zero attached hydrogens (tertiary/aromatic N) is 3. The summed E-state index contributed by atoms with van der Waals surface area (Å²) in [5.74, 6) is -1.92. The molecule has 0 bridgehead atoms. The second-order valence-corrected chi connectivity index (χ2v) is 21.4. The summed E-state index contributed by atoms with van der Waals surface area (Å²) in [4.78, 5) is 67.5. The van der Waals surface area contributed by atoms with E-state index in [1.165, 1.54) is 22.3 Å². The van der Waals surface area contributed by atoms with Crippen LogP contribution in [0.4, 0.5) is 9.93 Å². The number of amides is 4. The number of benzene rings is 1. The molecule has 4 N–H and O–H groups in total. The fourth-order valence-corrected chi connectivity index (χ4v) is 9.57. The predicted octanol–water partition coefficient (Wildman–Crippen LogP) is 6.10. The lowest BCUT2D eigenvalue weighted by atomic mass is 9.85. The summed E-state index contributed by atoms with van der Waals surface area (Å²) in [5.41, 5.74) is -1.37. The standard InChI is InChI=1S/C44H61N7O10S2/c1-11-26-21-44(26,39(54)50-63(56,57)59-24-42(4,5)6)49-37(52)34-19-29(22-51(34)38(53)36(43(7,8)9)48-41(55)61-27-14-12-13-15-27)60-35-20-32(33-23-62-40(47-33)45-25(2)3)46-31-18-28(58-10)16-17-30(31)35/h11,16-18,20,23,25-27,29,34,36H,1,12-15,19,21-22,24H2,2-10H3,(H,45,47)(H,48,55)(H,49,52)(H,50,54)/t26-,29-,34+,36-,44-/m1/s1. The van der Waals surface area contributed by atoms with Gasteiger partial charge in [-0.25, -0.2) is 19.5 Å². The van der Waals surface area contributed by atoms with Gasteiger partial charge in [0.25, 0.3) is 5.91 Å². The molecule has 6 rings (SSSR count). The molecule has 0 spiro atoms. The highest BCUT2D eigenvalue weighted by Crippen LogP contribution is 2.45. The minimum absolute atomic E-state index is 0.0289. The van der Waals surface area contributed by atoms with Gasteiger partial charge in [0, 0.05) is 41.3 Å². The molecule has 63 heavy (non-hydrogen) atoms. The van der Waals surface area contributed by atoms with Crippen molar-refractivity contribution in [3.8, 4) is 22.9 Å². The Kier molecular flexibility index (Phi) is 14.0. The van der Waals surface area contributed by atoms with E-state index in [0.717, 1.165) is 30.8 Å². The second kappa shape index (κ2) is 18.6. The summed E-state index contributed by atoms with van der Waals surface area (Å²) < 4.78 is 50.8. The zero-order valence-corrected chi connectivity index (χ0v) is 39.2. The van der Waals surface area contributed by atoms with Crippen LogP contribution in [0.1, 0.15) is 93.9 Å². The summed E-state index contributed by atoms with van der Waals surface area (Å²) in [6, 6.07) is 4.94. The molecule has 0 radical (unpaired) electrons. The maximum Gasteiger partial charge on any atom is 0.408 e. The van der Waals surface area contributed by atoms with Crippen molar-refractivity contribution in [1.29, 1.82) is 0 Å². The highest BCUT2D eigenvalue weighted by atomic mass is 32.2. The number of likely N-dealkylation sites (tertiary alicyclic amines) is 1. The number of thiazole rings is 1. The van der Waals surface area contributed by atoms with E-state index in [-0.39, 0.29) is 38.1 Å². The summed E-state index contributed by atoms with van der Waals surface area (Å²) in [5, 5.41) is 12.1.